The topological polar surface area (TPSA) is 59.3 Å². The first kappa shape index (κ1) is 18.4. The van der Waals surface area contributed by atoms with Gasteiger partial charge >= 0.3 is 6.61 Å². The molecule has 128 valence electrons. The highest BCUT2D eigenvalue weighted by atomic mass is 35.5. The maximum Gasteiger partial charge on any atom is 0.387 e. The average molecular weight is 364 g/mol. The van der Waals surface area contributed by atoms with E-state index in [0.717, 1.165) is 0 Å². The fraction of sp³-hybridized carbons (Fsp3) is 0.111. The molecule has 25 heavy (non-hydrogen) atoms. The second-order valence-corrected chi connectivity index (χ2v) is 5.20. The molecule has 0 amide bonds. The van der Waals surface area contributed by atoms with Gasteiger partial charge in [0, 0.05) is 16.1 Å². The maximum atomic E-state index is 12.7. The molecule has 4 nitrogen and oxygen atoms in total. The minimum Gasteiger partial charge on any atom is -0.493 e. The lowest BCUT2D eigenvalue weighted by Crippen LogP contribution is -2.06. The average Bonchev–Trinajstić information content (AvgIpc) is 2.60. The van der Waals surface area contributed by atoms with Gasteiger partial charge in [-0.05, 0) is 36.4 Å². The molecule has 0 N–H and O–H groups in total. The number of hydrogen-bond donors (Lipinski definition) is 0. The molecule has 0 fully saturated rings. The Morgan fingerprint density at radius 1 is 1.24 bits per heavy atom. The van der Waals surface area contributed by atoms with Crippen LogP contribution in [0.5, 0.6) is 11.5 Å². The van der Waals surface area contributed by atoms with Crippen LogP contribution in [0.25, 0.3) is 6.08 Å². The van der Waals surface area contributed by atoms with Gasteiger partial charge in [0.25, 0.3) is 0 Å². The fourth-order valence-electron chi connectivity index (χ4n) is 2.08. The molecule has 0 aromatic heterocycles. The van der Waals surface area contributed by atoms with Crippen molar-refractivity contribution in [2.45, 2.75) is 6.61 Å². The van der Waals surface area contributed by atoms with Gasteiger partial charge in [0.05, 0.1) is 7.11 Å². The van der Waals surface area contributed by atoms with Gasteiger partial charge in [0.2, 0.25) is 5.78 Å². The molecule has 0 atom stereocenters. The SMILES string of the molecule is COc1cccc(/C=C(\C#N)C(=O)c2ccc(Cl)cc2)c1OC(F)F. The number of benzene rings is 2. The number of para-hydroxylation sites is 1. The molecule has 0 unspecified atom stereocenters. The first-order valence-corrected chi connectivity index (χ1v) is 7.38. The third kappa shape index (κ3) is 4.55. The third-order valence-corrected chi connectivity index (χ3v) is 3.46. The smallest absolute Gasteiger partial charge is 0.387 e. The van der Waals surface area contributed by atoms with Crippen molar-refractivity contribution >= 4 is 23.5 Å². The van der Waals surface area contributed by atoms with Gasteiger partial charge < -0.3 is 9.47 Å². The molecule has 0 saturated carbocycles. The molecule has 7 heteroatoms. The largest absolute Gasteiger partial charge is 0.493 e. The number of nitriles is 1. The molecule has 2 aromatic rings. The van der Waals surface area contributed by atoms with Gasteiger partial charge in [-0.15, -0.1) is 0 Å². The molecule has 0 heterocycles. The van der Waals surface area contributed by atoms with E-state index in [1.165, 1.54) is 55.7 Å². The number of nitrogens with zero attached hydrogens (tertiary/aromatic N) is 1. The molecular formula is C18H12ClF2NO3. The van der Waals surface area contributed by atoms with Crippen LogP contribution >= 0.6 is 11.6 Å². The normalized spacial score (nSPS) is 11.1. The van der Waals surface area contributed by atoms with Crippen LogP contribution < -0.4 is 9.47 Å². The summed E-state index contributed by atoms with van der Waals surface area (Å²) in [5.41, 5.74) is 0.129. The summed E-state index contributed by atoms with van der Waals surface area (Å²) >= 11 is 5.77. The van der Waals surface area contributed by atoms with E-state index >= 15 is 0 Å². The Labute approximate surface area is 147 Å². The Kier molecular flexibility index (Phi) is 6.09. The lowest BCUT2D eigenvalue weighted by atomic mass is 10.0. The zero-order valence-corrected chi connectivity index (χ0v) is 13.8. The van der Waals surface area contributed by atoms with Gasteiger partial charge in [-0.2, -0.15) is 14.0 Å². The number of methoxy groups -OCH3 is 1. The highest BCUT2D eigenvalue weighted by Gasteiger charge is 2.17. The standard InChI is InChI=1S/C18H12ClF2NO3/c1-24-15-4-2-3-12(17(15)25-18(20)21)9-13(10-22)16(23)11-5-7-14(19)8-6-11/h2-9,18H,1H3/b13-9+. The Balaban J connectivity index is 2.47. The minimum absolute atomic E-state index is 0.0604. The first-order valence-electron chi connectivity index (χ1n) is 7.00. The van der Waals surface area contributed by atoms with Crippen LogP contribution in [0.15, 0.2) is 48.0 Å². The van der Waals surface area contributed by atoms with E-state index in [0.29, 0.717) is 5.02 Å². The number of rotatable bonds is 6. The molecule has 2 rings (SSSR count). The van der Waals surface area contributed by atoms with Gasteiger partial charge in [0.1, 0.15) is 11.6 Å². The molecule has 0 bridgehead atoms. The fourth-order valence-corrected chi connectivity index (χ4v) is 2.21. The maximum absolute atomic E-state index is 12.7. The van der Waals surface area contributed by atoms with Crippen molar-refractivity contribution in [3.05, 3.63) is 64.2 Å². The molecule has 0 radical (unpaired) electrons. The van der Waals surface area contributed by atoms with Gasteiger partial charge in [-0.1, -0.05) is 23.7 Å². The Morgan fingerprint density at radius 2 is 1.92 bits per heavy atom. The van der Waals surface area contributed by atoms with Crippen molar-refractivity contribution in [1.29, 1.82) is 5.26 Å². The zero-order chi connectivity index (χ0) is 18.4. The molecule has 0 saturated heterocycles. The number of hydrogen-bond acceptors (Lipinski definition) is 4. The van der Waals surface area contributed by atoms with Crippen molar-refractivity contribution < 1.29 is 23.0 Å². The molecule has 0 aliphatic heterocycles. The Bertz CT molecular complexity index is 842. The van der Waals surface area contributed by atoms with E-state index in [9.17, 15) is 18.8 Å². The second kappa shape index (κ2) is 8.27. The number of ketones is 1. The van der Waals surface area contributed by atoms with Crippen molar-refractivity contribution in [2.24, 2.45) is 0 Å². The predicted octanol–water partition coefficient (Wildman–Crippen LogP) is 4.74. The van der Waals surface area contributed by atoms with Crippen molar-refractivity contribution in [2.75, 3.05) is 7.11 Å². The highest BCUT2D eigenvalue weighted by Crippen LogP contribution is 2.34. The highest BCUT2D eigenvalue weighted by molar-refractivity contribution is 6.30. The first-order chi connectivity index (χ1) is 12.0. The Morgan fingerprint density at radius 3 is 2.48 bits per heavy atom. The summed E-state index contributed by atoms with van der Waals surface area (Å²) in [6.45, 7) is -3.08. The summed E-state index contributed by atoms with van der Waals surface area (Å²) < 4.78 is 34.8. The van der Waals surface area contributed by atoms with E-state index in [1.807, 2.05) is 0 Å². The van der Waals surface area contributed by atoms with Gasteiger partial charge in [0.15, 0.2) is 11.5 Å². The lowest BCUT2D eigenvalue weighted by Gasteiger charge is -2.12. The van der Waals surface area contributed by atoms with Crippen molar-refractivity contribution in [1.82, 2.24) is 0 Å². The van der Waals surface area contributed by atoms with Crippen LogP contribution in [-0.4, -0.2) is 19.5 Å². The van der Waals surface area contributed by atoms with Crippen LogP contribution in [0.3, 0.4) is 0 Å². The van der Waals surface area contributed by atoms with Gasteiger partial charge in [-0.3, -0.25) is 4.79 Å². The number of alkyl halides is 2. The van der Waals surface area contributed by atoms with Crippen LogP contribution in [0, 0.1) is 11.3 Å². The molecular weight excluding hydrogens is 352 g/mol. The molecule has 0 aliphatic carbocycles. The van der Waals surface area contributed by atoms with Crippen LogP contribution in [-0.2, 0) is 0 Å². The number of halogens is 3. The van der Waals surface area contributed by atoms with E-state index in [1.54, 1.807) is 6.07 Å². The van der Waals surface area contributed by atoms with E-state index < -0.39 is 12.4 Å². The van der Waals surface area contributed by atoms with Crippen molar-refractivity contribution in [3.8, 4) is 17.6 Å². The lowest BCUT2D eigenvalue weighted by molar-refractivity contribution is -0.0513. The van der Waals surface area contributed by atoms with Gasteiger partial charge in [-0.25, -0.2) is 0 Å². The molecule has 0 aliphatic rings. The quantitative estimate of drug-likeness (QED) is 0.422. The zero-order valence-electron chi connectivity index (χ0n) is 13.0. The number of Topliss-reactive ketones (excluding diaryl/α,β-unsaturated/α-hetero) is 1. The summed E-state index contributed by atoms with van der Waals surface area (Å²) in [5.74, 6) is -0.757. The molecule has 2 aromatic carbocycles. The van der Waals surface area contributed by atoms with Crippen LogP contribution in [0.4, 0.5) is 8.78 Å². The number of carbonyl (C=O) groups excluding carboxylic acids is 1. The minimum atomic E-state index is -3.08. The summed E-state index contributed by atoms with van der Waals surface area (Å²) in [7, 11) is 1.30. The molecule has 0 spiro atoms. The number of allylic oxidation sites excluding steroid dienone is 1. The van der Waals surface area contributed by atoms with E-state index in [4.69, 9.17) is 16.3 Å². The monoisotopic (exact) mass is 363 g/mol. The summed E-state index contributed by atoms with van der Waals surface area (Å²) in [6, 6.07) is 12.1. The van der Waals surface area contributed by atoms with E-state index in [-0.39, 0.29) is 28.2 Å². The summed E-state index contributed by atoms with van der Waals surface area (Å²) in [4.78, 5) is 12.4. The van der Waals surface area contributed by atoms with Crippen LogP contribution in [0.1, 0.15) is 15.9 Å². The number of ether oxygens (including phenoxy) is 2. The second-order valence-electron chi connectivity index (χ2n) is 4.76. The summed E-state index contributed by atoms with van der Waals surface area (Å²) in [5, 5.41) is 9.73. The summed E-state index contributed by atoms with van der Waals surface area (Å²) in [6.07, 6.45) is 1.18. The van der Waals surface area contributed by atoms with E-state index in [2.05, 4.69) is 4.74 Å². The predicted molar refractivity (Wildman–Crippen MR) is 89.0 cm³/mol. The number of carbonyl (C=O) groups is 1. The van der Waals surface area contributed by atoms with Crippen molar-refractivity contribution in [3.63, 3.8) is 0 Å². The Hall–Kier alpha value is -2.91. The van der Waals surface area contributed by atoms with Crippen LogP contribution in [0.2, 0.25) is 5.02 Å². The third-order valence-electron chi connectivity index (χ3n) is 3.21.